The van der Waals surface area contributed by atoms with Crippen LogP contribution in [-0.2, 0) is 11.3 Å². The molecule has 0 atom stereocenters. The van der Waals surface area contributed by atoms with Crippen molar-refractivity contribution in [2.75, 3.05) is 30.1 Å². The Morgan fingerprint density at radius 3 is 2.53 bits per heavy atom. The van der Waals surface area contributed by atoms with Crippen LogP contribution in [0.2, 0.25) is 5.02 Å². The molecule has 1 amide bonds. The molecule has 0 unspecified atom stereocenters. The van der Waals surface area contributed by atoms with Crippen molar-refractivity contribution < 1.29 is 4.79 Å². The van der Waals surface area contributed by atoms with Gasteiger partial charge in [0.15, 0.2) is 5.16 Å². The van der Waals surface area contributed by atoms with E-state index in [1.807, 2.05) is 57.1 Å². The third-order valence-electron chi connectivity index (χ3n) is 4.43. The Bertz CT molecular complexity index is 1110. The fourth-order valence-corrected chi connectivity index (χ4v) is 3.96. The van der Waals surface area contributed by atoms with E-state index in [2.05, 4.69) is 10.3 Å². The number of aromatic nitrogens is 2. The smallest absolute Gasteiger partial charge is 0.262 e. The summed E-state index contributed by atoms with van der Waals surface area (Å²) in [6.07, 6.45) is 0. The lowest BCUT2D eigenvalue weighted by atomic mass is 10.2. The molecular formula is C22H25ClN4O2S. The molecule has 2 aromatic carbocycles. The summed E-state index contributed by atoms with van der Waals surface area (Å²) in [5.74, 6) is 0.248. The van der Waals surface area contributed by atoms with Gasteiger partial charge in [0, 0.05) is 37.0 Å². The van der Waals surface area contributed by atoms with Crippen molar-refractivity contribution in [1.82, 2.24) is 9.55 Å². The van der Waals surface area contributed by atoms with E-state index < -0.39 is 0 Å². The first-order valence-corrected chi connectivity index (χ1v) is 11.0. The summed E-state index contributed by atoms with van der Waals surface area (Å²) in [5, 5.41) is 4.44. The molecule has 3 rings (SSSR count). The van der Waals surface area contributed by atoms with Gasteiger partial charge in [0.25, 0.3) is 5.56 Å². The fraction of sp³-hybridized carbons (Fsp3) is 0.318. The highest BCUT2D eigenvalue weighted by Crippen LogP contribution is 2.22. The van der Waals surface area contributed by atoms with Gasteiger partial charge < -0.3 is 10.2 Å². The van der Waals surface area contributed by atoms with Gasteiger partial charge in [-0.2, -0.15) is 0 Å². The third-order valence-corrected chi connectivity index (χ3v) is 5.64. The molecule has 0 aliphatic carbocycles. The van der Waals surface area contributed by atoms with E-state index in [4.69, 9.17) is 11.6 Å². The van der Waals surface area contributed by atoms with Gasteiger partial charge in [-0.25, -0.2) is 4.98 Å². The number of amides is 1. The van der Waals surface area contributed by atoms with Crippen LogP contribution < -0.4 is 15.8 Å². The van der Waals surface area contributed by atoms with Crippen LogP contribution in [0.25, 0.3) is 10.9 Å². The molecule has 0 aliphatic rings. The lowest BCUT2D eigenvalue weighted by molar-refractivity contribution is -0.113. The van der Waals surface area contributed by atoms with Gasteiger partial charge in [-0.3, -0.25) is 14.2 Å². The predicted octanol–water partition coefficient (Wildman–Crippen LogP) is 4.50. The van der Waals surface area contributed by atoms with E-state index in [0.29, 0.717) is 27.6 Å². The van der Waals surface area contributed by atoms with Crippen molar-refractivity contribution in [3.05, 3.63) is 57.8 Å². The Kier molecular flexibility index (Phi) is 7.05. The summed E-state index contributed by atoms with van der Waals surface area (Å²) in [4.78, 5) is 32.1. The molecule has 158 valence electrons. The summed E-state index contributed by atoms with van der Waals surface area (Å²) in [7, 11) is 3.93. The van der Waals surface area contributed by atoms with Gasteiger partial charge in [-0.1, -0.05) is 37.2 Å². The van der Waals surface area contributed by atoms with Gasteiger partial charge >= 0.3 is 0 Å². The number of thioether (sulfide) groups is 1. The molecule has 0 fully saturated rings. The molecule has 8 heteroatoms. The monoisotopic (exact) mass is 444 g/mol. The third kappa shape index (κ3) is 5.34. The topological polar surface area (TPSA) is 67.2 Å². The molecule has 6 nitrogen and oxygen atoms in total. The fourth-order valence-electron chi connectivity index (χ4n) is 2.98. The molecule has 0 saturated heterocycles. The Balaban J connectivity index is 1.80. The first-order valence-electron chi connectivity index (χ1n) is 9.64. The van der Waals surface area contributed by atoms with Crippen molar-refractivity contribution in [2.24, 2.45) is 5.92 Å². The summed E-state index contributed by atoms with van der Waals surface area (Å²) >= 11 is 7.32. The number of anilines is 2. The summed E-state index contributed by atoms with van der Waals surface area (Å²) < 4.78 is 1.64. The molecular weight excluding hydrogens is 420 g/mol. The zero-order valence-corrected chi connectivity index (χ0v) is 19.0. The Morgan fingerprint density at radius 1 is 1.20 bits per heavy atom. The number of carbonyl (C=O) groups excluding carboxylic acids is 1. The average Bonchev–Trinajstić information content (AvgIpc) is 2.68. The van der Waals surface area contributed by atoms with Crippen LogP contribution in [-0.4, -0.2) is 35.3 Å². The maximum atomic E-state index is 13.0. The predicted molar refractivity (Wildman–Crippen MR) is 126 cm³/mol. The van der Waals surface area contributed by atoms with E-state index >= 15 is 0 Å². The maximum absolute atomic E-state index is 13.0. The molecule has 3 aromatic rings. The number of fused-ring (bicyclic) bond motifs is 1. The van der Waals surface area contributed by atoms with Gasteiger partial charge in [0.2, 0.25) is 5.91 Å². The highest BCUT2D eigenvalue weighted by Gasteiger charge is 2.15. The molecule has 0 bridgehead atoms. The zero-order valence-electron chi connectivity index (χ0n) is 17.5. The van der Waals surface area contributed by atoms with E-state index in [9.17, 15) is 9.59 Å². The molecule has 30 heavy (non-hydrogen) atoms. The average molecular weight is 445 g/mol. The van der Waals surface area contributed by atoms with E-state index in [1.165, 1.54) is 11.8 Å². The second-order valence-electron chi connectivity index (χ2n) is 7.64. The number of hydrogen-bond donors (Lipinski definition) is 1. The number of hydrogen-bond acceptors (Lipinski definition) is 5. The van der Waals surface area contributed by atoms with Crippen LogP contribution in [0.1, 0.15) is 13.8 Å². The standard InChI is InChI=1S/C22H25ClN4O2S/c1-14(2)12-27-21(29)18-10-5-15(23)11-19(18)25-22(27)30-13-20(28)24-16-6-8-17(9-7-16)26(3)4/h5-11,14H,12-13H2,1-4H3,(H,24,28). The second-order valence-corrected chi connectivity index (χ2v) is 9.02. The number of benzene rings is 2. The van der Waals surface area contributed by atoms with Crippen molar-refractivity contribution in [1.29, 1.82) is 0 Å². The summed E-state index contributed by atoms with van der Waals surface area (Å²) in [6.45, 7) is 4.61. The van der Waals surface area contributed by atoms with Gasteiger partial charge in [-0.15, -0.1) is 0 Å². The Hall–Kier alpha value is -2.51. The quantitative estimate of drug-likeness (QED) is 0.429. The minimum Gasteiger partial charge on any atom is -0.378 e. The van der Waals surface area contributed by atoms with Gasteiger partial charge in [-0.05, 0) is 48.4 Å². The lowest BCUT2D eigenvalue weighted by Crippen LogP contribution is -2.26. The molecule has 0 spiro atoms. The Morgan fingerprint density at radius 2 is 1.90 bits per heavy atom. The molecule has 1 heterocycles. The van der Waals surface area contributed by atoms with Crippen LogP contribution in [0.15, 0.2) is 52.4 Å². The highest BCUT2D eigenvalue weighted by atomic mass is 35.5. The van der Waals surface area contributed by atoms with Crippen molar-refractivity contribution >= 4 is 51.5 Å². The largest absolute Gasteiger partial charge is 0.378 e. The lowest BCUT2D eigenvalue weighted by Gasteiger charge is -2.15. The molecule has 0 radical (unpaired) electrons. The van der Waals surface area contributed by atoms with Gasteiger partial charge in [0.05, 0.1) is 16.7 Å². The van der Waals surface area contributed by atoms with Crippen LogP contribution in [0.3, 0.4) is 0 Å². The molecule has 0 saturated carbocycles. The maximum Gasteiger partial charge on any atom is 0.262 e. The first-order chi connectivity index (χ1) is 14.2. The molecule has 1 aromatic heterocycles. The zero-order chi connectivity index (χ0) is 21.8. The van der Waals surface area contributed by atoms with Crippen molar-refractivity contribution in [3.63, 3.8) is 0 Å². The SMILES string of the molecule is CC(C)Cn1c(SCC(=O)Nc2ccc(N(C)C)cc2)nc2cc(Cl)ccc2c1=O. The number of nitrogens with one attached hydrogen (secondary N) is 1. The van der Waals surface area contributed by atoms with Crippen molar-refractivity contribution in [2.45, 2.75) is 25.5 Å². The second kappa shape index (κ2) is 9.53. The highest BCUT2D eigenvalue weighted by molar-refractivity contribution is 7.99. The van der Waals surface area contributed by atoms with Gasteiger partial charge in [0.1, 0.15) is 0 Å². The van der Waals surface area contributed by atoms with E-state index in [-0.39, 0.29) is 23.1 Å². The van der Waals surface area contributed by atoms with E-state index in [1.54, 1.807) is 22.8 Å². The van der Waals surface area contributed by atoms with Crippen molar-refractivity contribution in [3.8, 4) is 0 Å². The number of carbonyl (C=O) groups is 1. The minimum absolute atomic E-state index is 0.118. The summed E-state index contributed by atoms with van der Waals surface area (Å²) in [5.41, 5.74) is 2.20. The van der Waals surface area contributed by atoms with Crippen LogP contribution in [0.4, 0.5) is 11.4 Å². The Labute approximate surface area is 185 Å². The van der Waals surface area contributed by atoms with E-state index in [0.717, 1.165) is 11.4 Å². The number of nitrogens with zero attached hydrogens (tertiary/aromatic N) is 3. The normalized spacial score (nSPS) is 11.1. The summed E-state index contributed by atoms with van der Waals surface area (Å²) in [6, 6.07) is 12.7. The first kappa shape index (κ1) is 22.2. The minimum atomic E-state index is -0.158. The molecule has 1 N–H and O–H groups in total. The number of rotatable bonds is 7. The van der Waals surface area contributed by atoms with Crippen LogP contribution in [0.5, 0.6) is 0 Å². The molecule has 0 aliphatic heterocycles. The number of halogens is 1. The van der Waals surface area contributed by atoms with Crippen LogP contribution in [0, 0.1) is 5.92 Å². The van der Waals surface area contributed by atoms with Crippen LogP contribution >= 0.6 is 23.4 Å².